The van der Waals surface area contributed by atoms with Crippen molar-refractivity contribution in [3.63, 3.8) is 0 Å². The van der Waals surface area contributed by atoms with Crippen molar-refractivity contribution in [1.82, 2.24) is 0 Å². The van der Waals surface area contributed by atoms with Crippen LogP contribution >= 0.6 is 0 Å². The van der Waals surface area contributed by atoms with Gasteiger partial charge in [-0.2, -0.15) is 0 Å². The van der Waals surface area contributed by atoms with Gasteiger partial charge in [-0.25, -0.2) is 9.59 Å². The average Bonchev–Trinajstić information content (AvgIpc) is 2.94. The molecule has 0 spiro atoms. The summed E-state index contributed by atoms with van der Waals surface area (Å²) in [6.07, 6.45) is 4.65. The highest BCUT2D eigenvalue weighted by Crippen LogP contribution is 2.52. The summed E-state index contributed by atoms with van der Waals surface area (Å²) in [5, 5.41) is 1.32. The third-order valence-electron chi connectivity index (χ3n) is 9.12. The van der Waals surface area contributed by atoms with Crippen molar-refractivity contribution < 1.29 is 23.1 Å². The fourth-order valence-electron chi connectivity index (χ4n) is 6.44. The zero-order valence-corrected chi connectivity index (χ0v) is 25.1. The summed E-state index contributed by atoms with van der Waals surface area (Å²) in [5.74, 6) is 0.254. The third-order valence-corrected chi connectivity index (χ3v) is 9.12. The molecule has 8 heteroatoms. The molecule has 0 saturated heterocycles. The van der Waals surface area contributed by atoms with Gasteiger partial charge in [-0.1, -0.05) is 27.7 Å². The van der Waals surface area contributed by atoms with E-state index in [4.69, 9.17) is 18.3 Å². The Morgan fingerprint density at radius 1 is 0.905 bits per heavy atom. The predicted octanol–water partition coefficient (Wildman–Crippen LogP) is 6.29. The standard InChI is InChI=1S/C34H35NO7/c1-18-20(8-9-25(36)22-16-23-26(40-7)14-19(39-6)15-27(23)41-32(22)38)31(37)42-30-21(18)17-24-29-28(30)34(4,5)11-13-35(29)12-10-33(24,2)3/h8-9,14-17H,10-13H2,1-7H3/b9-8+. The number of anilines is 1. The van der Waals surface area contributed by atoms with Crippen LogP contribution in [0.5, 0.6) is 11.5 Å². The number of ether oxygens (including phenoxy) is 2. The molecule has 0 amide bonds. The van der Waals surface area contributed by atoms with Gasteiger partial charge in [-0.05, 0) is 66.0 Å². The van der Waals surface area contributed by atoms with Gasteiger partial charge in [0.25, 0.3) is 0 Å². The Bertz CT molecular complexity index is 1940. The first kappa shape index (κ1) is 27.8. The van der Waals surface area contributed by atoms with Gasteiger partial charge in [0.05, 0.1) is 25.2 Å². The van der Waals surface area contributed by atoms with Crippen molar-refractivity contribution in [1.29, 1.82) is 0 Å². The molecule has 2 aromatic carbocycles. The van der Waals surface area contributed by atoms with Crippen LogP contribution in [0.2, 0.25) is 0 Å². The average molecular weight is 570 g/mol. The number of hydrogen-bond donors (Lipinski definition) is 0. The monoisotopic (exact) mass is 569 g/mol. The van der Waals surface area contributed by atoms with Gasteiger partial charge >= 0.3 is 11.3 Å². The minimum absolute atomic E-state index is 0.0358. The lowest BCUT2D eigenvalue weighted by Gasteiger charge is -2.48. The van der Waals surface area contributed by atoms with E-state index in [1.165, 1.54) is 43.7 Å². The van der Waals surface area contributed by atoms with E-state index in [9.17, 15) is 14.4 Å². The number of aryl methyl sites for hydroxylation is 1. The van der Waals surface area contributed by atoms with E-state index in [0.717, 1.165) is 42.4 Å². The lowest BCUT2D eigenvalue weighted by molar-refractivity contribution is 0.104. The molecular formula is C34H35NO7. The van der Waals surface area contributed by atoms with Gasteiger partial charge in [0.1, 0.15) is 28.2 Å². The summed E-state index contributed by atoms with van der Waals surface area (Å²) >= 11 is 0. The highest BCUT2D eigenvalue weighted by atomic mass is 16.5. The van der Waals surface area contributed by atoms with Gasteiger partial charge in [0.2, 0.25) is 0 Å². The van der Waals surface area contributed by atoms with Crippen LogP contribution in [-0.2, 0) is 10.8 Å². The lowest BCUT2D eigenvalue weighted by Crippen LogP contribution is -2.44. The molecule has 0 bridgehead atoms. The van der Waals surface area contributed by atoms with Crippen molar-refractivity contribution in [2.45, 2.75) is 58.3 Å². The van der Waals surface area contributed by atoms with E-state index in [1.54, 1.807) is 12.1 Å². The van der Waals surface area contributed by atoms with E-state index in [2.05, 4.69) is 38.7 Å². The van der Waals surface area contributed by atoms with E-state index in [0.29, 0.717) is 22.5 Å². The minimum atomic E-state index is -0.797. The van der Waals surface area contributed by atoms with Crippen molar-refractivity contribution in [3.05, 3.63) is 79.0 Å². The first-order valence-electron chi connectivity index (χ1n) is 14.2. The third kappa shape index (κ3) is 4.23. The Morgan fingerprint density at radius 3 is 2.31 bits per heavy atom. The largest absolute Gasteiger partial charge is 0.496 e. The summed E-state index contributed by atoms with van der Waals surface area (Å²) in [5.41, 5.74) is 3.70. The summed E-state index contributed by atoms with van der Waals surface area (Å²) in [7, 11) is 2.97. The van der Waals surface area contributed by atoms with Gasteiger partial charge < -0.3 is 23.2 Å². The summed E-state index contributed by atoms with van der Waals surface area (Å²) in [6, 6.07) is 6.80. The van der Waals surface area contributed by atoms with Crippen LogP contribution in [0.1, 0.15) is 73.1 Å². The Balaban J connectivity index is 1.48. The summed E-state index contributed by atoms with van der Waals surface area (Å²) in [6.45, 7) is 12.8. The zero-order valence-electron chi connectivity index (χ0n) is 25.1. The molecule has 4 heterocycles. The fourth-order valence-corrected chi connectivity index (χ4v) is 6.44. The number of ketones is 1. The molecule has 2 aromatic heterocycles. The maximum atomic E-state index is 13.4. The number of allylic oxidation sites excluding steroid dienone is 1. The Hall–Kier alpha value is -4.33. The lowest BCUT2D eigenvalue weighted by atomic mass is 9.69. The number of nitrogens with zero attached hydrogens (tertiary/aromatic N) is 1. The highest BCUT2D eigenvalue weighted by Gasteiger charge is 2.42. The molecule has 0 radical (unpaired) electrons. The van der Waals surface area contributed by atoms with Crippen molar-refractivity contribution in [2.75, 3.05) is 32.2 Å². The van der Waals surface area contributed by atoms with Crippen LogP contribution in [0.3, 0.4) is 0 Å². The molecule has 2 aliphatic heterocycles. The Labute approximate surface area is 243 Å². The highest BCUT2D eigenvalue weighted by molar-refractivity contribution is 6.08. The molecule has 0 atom stereocenters. The molecule has 0 saturated carbocycles. The number of fused-ring (bicyclic) bond motifs is 3. The van der Waals surface area contributed by atoms with E-state index >= 15 is 0 Å². The van der Waals surface area contributed by atoms with Crippen LogP contribution in [0, 0.1) is 6.92 Å². The second-order valence-electron chi connectivity index (χ2n) is 12.6. The quantitative estimate of drug-likeness (QED) is 0.157. The molecular weight excluding hydrogens is 534 g/mol. The molecule has 0 aliphatic carbocycles. The van der Waals surface area contributed by atoms with Gasteiger partial charge in [0, 0.05) is 41.9 Å². The second kappa shape index (κ2) is 9.61. The topological polar surface area (TPSA) is 99.2 Å². The molecule has 218 valence electrons. The molecule has 8 nitrogen and oxygen atoms in total. The zero-order chi connectivity index (χ0) is 30.1. The molecule has 6 rings (SSSR count). The molecule has 0 unspecified atom stereocenters. The minimum Gasteiger partial charge on any atom is -0.496 e. The maximum absolute atomic E-state index is 13.4. The van der Waals surface area contributed by atoms with Gasteiger partial charge in [-0.15, -0.1) is 0 Å². The first-order chi connectivity index (χ1) is 19.9. The number of benzene rings is 2. The molecule has 0 fully saturated rings. The SMILES string of the molecule is COc1cc(OC)c2cc(C(=O)/C=C/c3c(C)c4cc5c6c(c4oc3=O)C(C)(C)CCN6CCC5(C)C)c(=O)oc2c1. The Morgan fingerprint density at radius 2 is 1.62 bits per heavy atom. The van der Waals surface area contributed by atoms with Crippen LogP contribution in [0.15, 0.2) is 48.8 Å². The fraction of sp³-hybridized carbons (Fsp3) is 0.382. The second-order valence-corrected chi connectivity index (χ2v) is 12.6. The van der Waals surface area contributed by atoms with Crippen LogP contribution in [0.25, 0.3) is 28.0 Å². The smallest absolute Gasteiger partial charge is 0.347 e. The number of carbonyl (C=O) groups is 1. The number of hydrogen-bond acceptors (Lipinski definition) is 8. The number of methoxy groups -OCH3 is 2. The van der Waals surface area contributed by atoms with Crippen LogP contribution in [-0.4, -0.2) is 33.1 Å². The number of carbonyl (C=O) groups excluding carboxylic acids is 1. The first-order valence-corrected chi connectivity index (χ1v) is 14.2. The molecule has 4 aromatic rings. The summed E-state index contributed by atoms with van der Waals surface area (Å²) < 4.78 is 22.2. The van der Waals surface area contributed by atoms with Gasteiger partial charge in [0.15, 0.2) is 5.78 Å². The van der Waals surface area contributed by atoms with Crippen LogP contribution in [0.4, 0.5) is 5.69 Å². The number of rotatable bonds is 5. The normalized spacial score (nSPS) is 17.1. The Kier molecular flexibility index (Phi) is 6.37. The van der Waals surface area contributed by atoms with E-state index in [-0.39, 0.29) is 27.5 Å². The molecule has 42 heavy (non-hydrogen) atoms. The van der Waals surface area contributed by atoms with Crippen molar-refractivity contribution >= 4 is 39.5 Å². The van der Waals surface area contributed by atoms with Crippen molar-refractivity contribution in [2.24, 2.45) is 0 Å². The molecule has 0 N–H and O–H groups in total. The predicted molar refractivity (Wildman–Crippen MR) is 164 cm³/mol. The van der Waals surface area contributed by atoms with Gasteiger partial charge in [-0.3, -0.25) is 4.79 Å². The van der Waals surface area contributed by atoms with Crippen molar-refractivity contribution in [3.8, 4) is 11.5 Å². The van der Waals surface area contributed by atoms with E-state index in [1.807, 2.05) is 6.92 Å². The van der Waals surface area contributed by atoms with E-state index < -0.39 is 17.0 Å². The van der Waals surface area contributed by atoms with Crippen LogP contribution < -0.4 is 25.6 Å². The summed E-state index contributed by atoms with van der Waals surface area (Å²) in [4.78, 5) is 41.9. The molecule has 2 aliphatic rings. The maximum Gasteiger partial charge on any atom is 0.347 e.